The molecule has 0 bridgehead atoms. The quantitative estimate of drug-likeness (QED) is 0.110. The number of unbranched alkanes of at least 4 members (excludes halogenated alkanes) is 1. The number of nitrogens with zero attached hydrogens (tertiary/aromatic N) is 1. The van der Waals surface area contributed by atoms with Gasteiger partial charge in [-0.05, 0) is 72.9 Å². The highest BCUT2D eigenvalue weighted by atomic mass is 32.2. The van der Waals surface area contributed by atoms with Gasteiger partial charge in [-0.1, -0.05) is 36.0 Å². The van der Waals surface area contributed by atoms with Crippen LogP contribution in [-0.4, -0.2) is 34.9 Å². The summed E-state index contributed by atoms with van der Waals surface area (Å²) in [5.41, 5.74) is 7.77. The number of aliphatic carboxylic acids is 1. The van der Waals surface area contributed by atoms with Gasteiger partial charge in [0.15, 0.2) is 0 Å². The summed E-state index contributed by atoms with van der Waals surface area (Å²) in [4.78, 5) is 15.5. The second-order valence-corrected chi connectivity index (χ2v) is 8.60. The molecule has 1 aromatic heterocycles. The van der Waals surface area contributed by atoms with E-state index in [2.05, 4.69) is 4.98 Å². The Bertz CT molecular complexity index is 1120. The first-order valence-electron chi connectivity index (χ1n) is 10.8. The first-order valence-corrected chi connectivity index (χ1v) is 11.7. The van der Waals surface area contributed by atoms with Crippen molar-refractivity contribution >= 4 is 29.5 Å². The molecule has 0 radical (unpaired) electrons. The minimum Gasteiger partial charge on any atom is -0.497 e. The van der Waals surface area contributed by atoms with Crippen molar-refractivity contribution in [1.29, 1.82) is 0 Å². The zero-order valence-electron chi connectivity index (χ0n) is 18.9. The summed E-state index contributed by atoms with van der Waals surface area (Å²) >= 11 is 1.14. The topological polar surface area (TPSA) is 115 Å². The number of hydrogen-bond acceptors (Lipinski definition) is 7. The molecule has 0 saturated heterocycles. The highest BCUT2D eigenvalue weighted by Gasteiger charge is 2.13. The smallest absolute Gasteiger partial charge is 0.328 e. The molecule has 3 aromatic rings. The molecule has 3 rings (SSSR count). The van der Waals surface area contributed by atoms with Crippen LogP contribution in [0, 0.1) is 0 Å². The molecule has 0 aliphatic rings. The normalized spacial score (nSPS) is 11.9. The van der Waals surface area contributed by atoms with E-state index < -0.39 is 11.4 Å². The fraction of sp³-hybridized carbons (Fsp3) is 0.231. The van der Waals surface area contributed by atoms with Crippen LogP contribution in [0.3, 0.4) is 0 Å². The van der Waals surface area contributed by atoms with E-state index >= 15 is 0 Å². The van der Waals surface area contributed by atoms with Crippen LogP contribution < -0.4 is 15.2 Å². The molecule has 1 heterocycles. The summed E-state index contributed by atoms with van der Waals surface area (Å²) in [6.07, 6.45) is 5.11. The van der Waals surface area contributed by atoms with Gasteiger partial charge >= 0.3 is 5.97 Å². The van der Waals surface area contributed by atoms with Crippen LogP contribution in [0.5, 0.6) is 11.5 Å². The number of anilines is 1. The number of aromatic nitrogens is 1. The van der Waals surface area contributed by atoms with Crippen LogP contribution >= 0.6 is 11.8 Å². The molecule has 2 aromatic carbocycles. The van der Waals surface area contributed by atoms with Crippen molar-refractivity contribution in [2.75, 3.05) is 19.5 Å². The lowest BCUT2D eigenvalue weighted by Crippen LogP contribution is -2.02. The summed E-state index contributed by atoms with van der Waals surface area (Å²) in [6.45, 7) is 0.476. The predicted molar refractivity (Wildman–Crippen MR) is 134 cm³/mol. The van der Waals surface area contributed by atoms with Crippen molar-refractivity contribution in [3.05, 3.63) is 83.6 Å². The van der Waals surface area contributed by atoms with Crippen molar-refractivity contribution in [2.45, 2.75) is 29.7 Å². The second-order valence-electron chi connectivity index (χ2n) is 7.50. The zero-order chi connectivity index (χ0) is 24.3. The van der Waals surface area contributed by atoms with Gasteiger partial charge in [0, 0.05) is 11.8 Å². The summed E-state index contributed by atoms with van der Waals surface area (Å²) in [5, 5.41) is 20.1. The molecule has 8 heteroatoms. The lowest BCUT2D eigenvalue weighted by atomic mass is 10.1. The number of aliphatic hydroxyl groups excluding tert-OH is 1. The number of pyridine rings is 1. The molecule has 0 fully saturated rings. The van der Waals surface area contributed by atoms with Gasteiger partial charge in [0.25, 0.3) is 0 Å². The number of nitrogens with two attached hydrogens (primary N) is 1. The number of thioether (sulfide) groups is 1. The number of carbonyl (C=O) groups is 1. The summed E-state index contributed by atoms with van der Waals surface area (Å²) in [7, 11) is 1.65. The van der Waals surface area contributed by atoms with Crippen LogP contribution in [0.4, 0.5) is 5.69 Å². The number of carboxylic acid groups (broad SMARTS) is 1. The second kappa shape index (κ2) is 12.7. The SMILES string of the molecule is COc1ccc(CCCCOc2ccc(SC(O)c3cccc(N)c3)nc2C=CC(=O)O)cc1. The molecule has 0 aliphatic heterocycles. The number of aliphatic hydroxyl groups is 1. The summed E-state index contributed by atoms with van der Waals surface area (Å²) in [6, 6.07) is 18.5. The fourth-order valence-electron chi connectivity index (χ4n) is 3.20. The van der Waals surface area contributed by atoms with Crippen LogP contribution in [-0.2, 0) is 11.2 Å². The summed E-state index contributed by atoms with van der Waals surface area (Å²) < 4.78 is 11.1. The third-order valence-corrected chi connectivity index (χ3v) is 5.91. The Morgan fingerprint density at radius 2 is 1.94 bits per heavy atom. The monoisotopic (exact) mass is 480 g/mol. The number of carboxylic acids is 1. The molecule has 34 heavy (non-hydrogen) atoms. The van der Waals surface area contributed by atoms with E-state index in [-0.39, 0.29) is 0 Å². The molecule has 7 nitrogen and oxygen atoms in total. The third kappa shape index (κ3) is 7.83. The Labute approximate surface area is 203 Å². The van der Waals surface area contributed by atoms with Crippen LogP contribution in [0.25, 0.3) is 6.08 Å². The maximum atomic E-state index is 11.0. The minimum atomic E-state index is -1.08. The van der Waals surface area contributed by atoms with E-state index in [1.807, 2.05) is 24.3 Å². The number of nitrogen functional groups attached to an aromatic ring is 1. The lowest BCUT2D eigenvalue weighted by Gasteiger charge is -2.13. The van der Waals surface area contributed by atoms with Crippen LogP contribution in [0.1, 0.15) is 35.1 Å². The number of hydrogen-bond donors (Lipinski definition) is 3. The standard InChI is InChI=1S/C26H28N2O5S/c1-32-21-10-8-18(9-11-21)5-2-3-16-33-23-13-14-24(28-22(23)12-15-25(29)30)34-26(31)19-6-4-7-20(27)17-19/h4,6-15,17,26,31H,2-3,5,16,27H2,1H3,(H,29,30). The van der Waals surface area contributed by atoms with E-state index in [1.54, 1.807) is 43.5 Å². The van der Waals surface area contributed by atoms with Gasteiger partial charge in [-0.15, -0.1) is 0 Å². The first kappa shape index (κ1) is 25.1. The van der Waals surface area contributed by atoms with E-state index in [0.717, 1.165) is 42.8 Å². The van der Waals surface area contributed by atoms with Gasteiger partial charge in [0.2, 0.25) is 0 Å². The van der Waals surface area contributed by atoms with Crippen LogP contribution in [0.2, 0.25) is 0 Å². The number of aryl methyl sites for hydroxylation is 1. The molecular formula is C26H28N2O5S. The Balaban J connectivity index is 1.59. The van der Waals surface area contributed by atoms with Crippen molar-refractivity contribution in [3.63, 3.8) is 0 Å². The van der Waals surface area contributed by atoms with Crippen molar-refractivity contribution in [2.24, 2.45) is 0 Å². The van der Waals surface area contributed by atoms with Gasteiger partial charge in [-0.3, -0.25) is 0 Å². The molecule has 178 valence electrons. The van der Waals surface area contributed by atoms with Crippen molar-refractivity contribution in [1.82, 2.24) is 4.98 Å². The molecule has 1 atom stereocenters. The van der Waals surface area contributed by atoms with Crippen molar-refractivity contribution < 1.29 is 24.5 Å². The molecule has 0 saturated carbocycles. The number of methoxy groups -OCH3 is 1. The Morgan fingerprint density at radius 3 is 2.65 bits per heavy atom. The molecule has 0 spiro atoms. The maximum Gasteiger partial charge on any atom is 0.328 e. The largest absolute Gasteiger partial charge is 0.497 e. The molecule has 0 aliphatic carbocycles. The van der Waals surface area contributed by atoms with Gasteiger partial charge in [-0.25, -0.2) is 9.78 Å². The Kier molecular flexibility index (Phi) is 9.37. The van der Waals surface area contributed by atoms with E-state index in [9.17, 15) is 9.90 Å². The molecule has 1 unspecified atom stereocenters. The fourth-order valence-corrected chi connectivity index (χ4v) is 4.01. The van der Waals surface area contributed by atoms with E-state index in [4.69, 9.17) is 20.3 Å². The predicted octanol–water partition coefficient (Wildman–Crippen LogP) is 4.96. The number of rotatable bonds is 12. The third-order valence-electron chi connectivity index (χ3n) is 4.95. The summed E-state index contributed by atoms with van der Waals surface area (Å²) in [5.74, 6) is 0.249. The van der Waals surface area contributed by atoms with Crippen LogP contribution in [0.15, 0.2) is 71.8 Å². The highest BCUT2D eigenvalue weighted by molar-refractivity contribution is 7.99. The molecular weight excluding hydrogens is 452 g/mol. The molecule has 0 amide bonds. The maximum absolute atomic E-state index is 11.0. The first-order chi connectivity index (χ1) is 16.4. The minimum absolute atomic E-state index is 0.391. The van der Waals surface area contributed by atoms with Gasteiger partial charge in [-0.2, -0.15) is 0 Å². The van der Waals surface area contributed by atoms with E-state index in [1.165, 1.54) is 11.6 Å². The number of ether oxygens (including phenoxy) is 2. The Hall–Kier alpha value is -3.49. The zero-order valence-corrected chi connectivity index (χ0v) is 19.7. The van der Waals surface area contributed by atoms with Crippen molar-refractivity contribution in [3.8, 4) is 11.5 Å². The van der Waals surface area contributed by atoms with Gasteiger partial charge in [0.1, 0.15) is 22.6 Å². The average Bonchev–Trinajstić information content (AvgIpc) is 2.83. The highest BCUT2D eigenvalue weighted by Crippen LogP contribution is 2.34. The molecule has 4 N–H and O–H groups in total. The van der Waals surface area contributed by atoms with E-state index in [0.29, 0.717) is 34.3 Å². The lowest BCUT2D eigenvalue weighted by molar-refractivity contribution is -0.131. The van der Waals surface area contributed by atoms with Gasteiger partial charge < -0.3 is 25.4 Å². The number of benzene rings is 2. The average molecular weight is 481 g/mol. The van der Waals surface area contributed by atoms with Gasteiger partial charge in [0.05, 0.1) is 18.7 Å². The Morgan fingerprint density at radius 1 is 1.15 bits per heavy atom.